The summed E-state index contributed by atoms with van der Waals surface area (Å²) < 4.78 is 34.3. The van der Waals surface area contributed by atoms with Crippen molar-refractivity contribution in [2.24, 2.45) is 0 Å². The van der Waals surface area contributed by atoms with E-state index in [0.717, 1.165) is 60.9 Å². The molecule has 1 saturated heterocycles. The normalized spacial score (nSPS) is 16.3. The van der Waals surface area contributed by atoms with Crippen LogP contribution in [0.4, 0.5) is 11.4 Å². The molecule has 2 heterocycles. The Kier molecular flexibility index (Phi) is 11.6. The number of carbonyl (C=O) groups is 1. The number of para-hydroxylation sites is 1. The number of anilines is 2. The lowest BCUT2D eigenvalue weighted by Crippen LogP contribution is -2.54. The predicted molar refractivity (Wildman–Crippen MR) is 169 cm³/mol. The van der Waals surface area contributed by atoms with Gasteiger partial charge in [0.15, 0.2) is 6.61 Å². The number of benzene rings is 3. The lowest BCUT2D eigenvalue weighted by molar-refractivity contribution is -0.121. The third-order valence-electron chi connectivity index (χ3n) is 7.72. The van der Waals surface area contributed by atoms with E-state index in [9.17, 15) is 4.79 Å². The smallest absolute Gasteiger partial charge is 0.265 e. The molecule has 236 valence electrons. The second-order valence-electron chi connectivity index (χ2n) is 10.7. The minimum Gasteiger partial charge on any atom is -0.496 e. The molecular formula is C34H43N3O7. The summed E-state index contributed by atoms with van der Waals surface area (Å²) in [6, 6.07) is 21.9. The Morgan fingerprint density at radius 1 is 0.932 bits per heavy atom. The molecule has 10 nitrogen and oxygen atoms in total. The highest BCUT2D eigenvalue weighted by molar-refractivity contribution is 5.98. The van der Waals surface area contributed by atoms with Gasteiger partial charge < -0.3 is 43.5 Å². The molecule has 2 aliphatic rings. The molecule has 1 amide bonds. The van der Waals surface area contributed by atoms with Crippen molar-refractivity contribution in [3.63, 3.8) is 0 Å². The molecule has 0 spiro atoms. The van der Waals surface area contributed by atoms with E-state index in [1.165, 1.54) is 0 Å². The molecule has 1 atom stereocenters. The number of piperazine rings is 1. The Labute approximate surface area is 259 Å². The fourth-order valence-electron chi connectivity index (χ4n) is 5.42. The van der Waals surface area contributed by atoms with Crippen LogP contribution in [0.15, 0.2) is 66.7 Å². The monoisotopic (exact) mass is 605 g/mol. The Bertz CT molecular complexity index is 1340. The van der Waals surface area contributed by atoms with Gasteiger partial charge in [0.25, 0.3) is 5.91 Å². The molecule has 0 bridgehead atoms. The van der Waals surface area contributed by atoms with Crippen molar-refractivity contribution in [2.45, 2.75) is 25.5 Å². The summed E-state index contributed by atoms with van der Waals surface area (Å²) in [5.41, 5.74) is 2.91. The SMILES string of the molecule is COCCCN1C(=O)COc2ccc(OC[C@H]3CNCCN3c3ccc(OCCCOCc4ccccc4OC)cc3)cc21. The average molecular weight is 606 g/mol. The summed E-state index contributed by atoms with van der Waals surface area (Å²) >= 11 is 0. The summed E-state index contributed by atoms with van der Waals surface area (Å²) in [4.78, 5) is 16.7. The summed E-state index contributed by atoms with van der Waals surface area (Å²) in [5, 5.41) is 3.49. The van der Waals surface area contributed by atoms with Crippen LogP contribution in [0.2, 0.25) is 0 Å². The van der Waals surface area contributed by atoms with Gasteiger partial charge in [-0.3, -0.25) is 4.79 Å². The van der Waals surface area contributed by atoms with Gasteiger partial charge in [0, 0.05) is 63.6 Å². The molecule has 0 saturated carbocycles. The molecular weight excluding hydrogens is 562 g/mol. The number of hydrogen-bond acceptors (Lipinski definition) is 9. The largest absolute Gasteiger partial charge is 0.496 e. The lowest BCUT2D eigenvalue weighted by Gasteiger charge is -2.38. The number of nitrogens with zero attached hydrogens (tertiary/aromatic N) is 2. The number of methoxy groups -OCH3 is 2. The molecule has 3 aromatic rings. The van der Waals surface area contributed by atoms with Crippen LogP contribution in [0, 0.1) is 0 Å². The van der Waals surface area contributed by atoms with Crippen molar-refractivity contribution in [1.82, 2.24) is 5.32 Å². The van der Waals surface area contributed by atoms with E-state index in [4.69, 9.17) is 28.4 Å². The van der Waals surface area contributed by atoms with Crippen LogP contribution in [-0.2, 0) is 20.9 Å². The van der Waals surface area contributed by atoms with E-state index in [0.29, 0.717) is 51.1 Å². The molecule has 10 heteroatoms. The quantitative estimate of drug-likeness (QED) is 0.240. The maximum atomic E-state index is 12.5. The van der Waals surface area contributed by atoms with E-state index in [2.05, 4.69) is 22.3 Å². The molecule has 0 radical (unpaired) electrons. The van der Waals surface area contributed by atoms with Crippen molar-refractivity contribution < 1.29 is 33.2 Å². The molecule has 0 aliphatic carbocycles. The van der Waals surface area contributed by atoms with Crippen LogP contribution < -0.4 is 34.1 Å². The first-order chi connectivity index (χ1) is 21.7. The third-order valence-corrected chi connectivity index (χ3v) is 7.72. The van der Waals surface area contributed by atoms with Crippen molar-refractivity contribution in [1.29, 1.82) is 0 Å². The maximum Gasteiger partial charge on any atom is 0.265 e. The number of hydrogen-bond donors (Lipinski definition) is 1. The first kappa shape index (κ1) is 31.4. The first-order valence-electron chi connectivity index (χ1n) is 15.2. The molecule has 2 aliphatic heterocycles. The molecule has 3 aromatic carbocycles. The van der Waals surface area contributed by atoms with Crippen LogP contribution in [0.5, 0.6) is 23.0 Å². The zero-order valence-electron chi connectivity index (χ0n) is 25.7. The van der Waals surface area contributed by atoms with Gasteiger partial charge in [-0.15, -0.1) is 0 Å². The minimum atomic E-state index is -0.0572. The number of nitrogens with one attached hydrogen (secondary N) is 1. The molecule has 0 aromatic heterocycles. The molecule has 1 fully saturated rings. The van der Waals surface area contributed by atoms with Crippen LogP contribution >= 0.6 is 0 Å². The van der Waals surface area contributed by atoms with E-state index >= 15 is 0 Å². The minimum absolute atomic E-state index is 0.0475. The number of amides is 1. The van der Waals surface area contributed by atoms with E-state index in [1.54, 1.807) is 19.1 Å². The van der Waals surface area contributed by atoms with Gasteiger partial charge in [-0.05, 0) is 48.9 Å². The number of rotatable bonds is 16. The van der Waals surface area contributed by atoms with Gasteiger partial charge in [-0.2, -0.15) is 0 Å². The number of fused-ring (bicyclic) bond motifs is 1. The van der Waals surface area contributed by atoms with E-state index in [-0.39, 0.29) is 18.6 Å². The highest BCUT2D eigenvalue weighted by atomic mass is 16.5. The van der Waals surface area contributed by atoms with E-state index < -0.39 is 0 Å². The van der Waals surface area contributed by atoms with Crippen LogP contribution in [0.25, 0.3) is 0 Å². The summed E-state index contributed by atoms with van der Waals surface area (Å²) in [6.07, 6.45) is 1.54. The second kappa shape index (κ2) is 16.2. The Balaban J connectivity index is 1.10. The maximum absolute atomic E-state index is 12.5. The van der Waals surface area contributed by atoms with Crippen molar-refractivity contribution in [3.05, 3.63) is 72.3 Å². The summed E-state index contributed by atoms with van der Waals surface area (Å²) in [7, 11) is 3.33. The zero-order chi connectivity index (χ0) is 30.6. The van der Waals surface area contributed by atoms with Gasteiger partial charge in [-0.1, -0.05) is 18.2 Å². The fraction of sp³-hybridized carbons (Fsp3) is 0.441. The Morgan fingerprint density at radius 3 is 2.61 bits per heavy atom. The van der Waals surface area contributed by atoms with Gasteiger partial charge in [0.1, 0.15) is 29.6 Å². The molecule has 0 unspecified atom stereocenters. The summed E-state index contributed by atoms with van der Waals surface area (Å²) in [6.45, 7) is 6.00. The second-order valence-corrected chi connectivity index (χ2v) is 10.7. The van der Waals surface area contributed by atoms with Crippen molar-refractivity contribution in [3.8, 4) is 23.0 Å². The third kappa shape index (κ3) is 8.34. The molecule has 5 rings (SSSR count). The van der Waals surface area contributed by atoms with Crippen LogP contribution in [0.1, 0.15) is 18.4 Å². The highest BCUT2D eigenvalue weighted by Crippen LogP contribution is 2.36. The predicted octanol–water partition coefficient (Wildman–Crippen LogP) is 4.30. The lowest BCUT2D eigenvalue weighted by atomic mass is 10.1. The Hall–Kier alpha value is -3.99. The molecule has 44 heavy (non-hydrogen) atoms. The zero-order valence-corrected chi connectivity index (χ0v) is 25.7. The first-order valence-corrected chi connectivity index (χ1v) is 15.2. The average Bonchev–Trinajstić information content (AvgIpc) is 3.07. The number of carbonyl (C=O) groups excluding carboxylic acids is 1. The van der Waals surface area contributed by atoms with Gasteiger partial charge in [0.05, 0.1) is 38.7 Å². The fourth-order valence-corrected chi connectivity index (χ4v) is 5.42. The number of ether oxygens (including phenoxy) is 6. The van der Waals surface area contributed by atoms with Gasteiger partial charge in [0.2, 0.25) is 0 Å². The van der Waals surface area contributed by atoms with Crippen LogP contribution in [-0.4, -0.2) is 85.4 Å². The van der Waals surface area contributed by atoms with Crippen molar-refractivity contribution in [2.75, 3.05) is 83.2 Å². The van der Waals surface area contributed by atoms with Crippen LogP contribution in [0.3, 0.4) is 0 Å². The van der Waals surface area contributed by atoms with Crippen molar-refractivity contribution >= 4 is 17.3 Å². The van der Waals surface area contributed by atoms with Gasteiger partial charge in [-0.25, -0.2) is 0 Å². The highest BCUT2D eigenvalue weighted by Gasteiger charge is 2.27. The standard InChI is InChI=1S/C34H43N3O7/c1-39-18-5-16-37-31-21-30(13-14-33(31)44-25-34(37)38)43-24-28-22-35-15-17-36(28)27-9-11-29(12-10-27)42-20-6-19-41-23-26-7-3-4-8-32(26)40-2/h3-4,7-14,21,28,35H,5-6,15-20,22-25H2,1-2H3/t28-/m1/s1. The summed E-state index contributed by atoms with van der Waals surface area (Å²) in [5.74, 6) is 3.02. The van der Waals surface area contributed by atoms with E-state index in [1.807, 2.05) is 54.6 Å². The van der Waals surface area contributed by atoms with Gasteiger partial charge >= 0.3 is 0 Å². The Morgan fingerprint density at radius 2 is 1.77 bits per heavy atom. The molecule has 1 N–H and O–H groups in total. The topological polar surface area (TPSA) is 91.0 Å².